The Kier molecular flexibility index (Phi) is 5.49. The van der Waals surface area contributed by atoms with E-state index in [9.17, 15) is 17.2 Å². The van der Waals surface area contributed by atoms with E-state index in [1.807, 2.05) is 0 Å². The van der Waals surface area contributed by atoms with Gasteiger partial charge in [0.25, 0.3) is 6.43 Å². The van der Waals surface area contributed by atoms with Gasteiger partial charge in [0.2, 0.25) is 10.0 Å². The lowest BCUT2D eigenvalue weighted by molar-refractivity contribution is 0.126. The summed E-state index contributed by atoms with van der Waals surface area (Å²) in [5, 5.41) is 0. The van der Waals surface area contributed by atoms with Crippen LogP contribution in [-0.2, 0) is 21.7 Å². The summed E-state index contributed by atoms with van der Waals surface area (Å²) in [6.45, 7) is -0.790. The first-order valence-electron chi connectivity index (χ1n) is 5.21. The monoisotopic (exact) mass is 297 g/mol. The van der Waals surface area contributed by atoms with Crippen molar-refractivity contribution in [3.63, 3.8) is 0 Å². The minimum absolute atomic E-state index is 0.293. The molecular weight excluding hydrogens is 284 g/mol. The molecule has 0 saturated heterocycles. The molecule has 102 valence electrons. The third-order valence-electron chi connectivity index (χ3n) is 2.40. The normalized spacial score (nSPS) is 12.3. The van der Waals surface area contributed by atoms with Gasteiger partial charge in [-0.15, -0.1) is 11.6 Å². The zero-order chi connectivity index (χ0) is 13.8. The zero-order valence-corrected chi connectivity index (χ0v) is 11.4. The number of benzene rings is 1. The Morgan fingerprint density at radius 1 is 1.22 bits per heavy atom. The fraction of sp³-hybridized carbons (Fsp3) is 0.455. The van der Waals surface area contributed by atoms with Crippen LogP contribution in [0.5, 0.6) is 0 Å². The summed E-state index contributed by atoms with van der Waals surface area (Å²) in [5.41, 5.74) is 1.42. The number of nitrogens with zero attached hydrogens (tertiary/aromatic N) is 1. The van der Waals surface area contributed by atoms with E-state index in [-0.39, 0.29) is 5.75 Å². The van der Waals surface area contributed by atoms with Crippen molar-refractivity contribution < 1.29 is 17.2 Å². The van der Waals surface area contributed by atoms with Gasteiger partial charge >= 0.3 is 0 Å². The lowest BCUT2D eigenvalue weighted by Gasteiger charge is -2.16. The summed E-state index contributed by atoms with van der Waals surface area (Å²) in [5.74, 6) is 0.0527. The molecule has 18 heavy (non-hydrogen) atoms. The van der Waals surface area contributed by atoms with Gasteiger partial charge in [0, 0.05) is 12.9 Å². The van der Waals surface area contributed by atoms with Crippen molar-refractivity contribution in [1.29, 1.82) is 0 Å². The van der Waals surface area contributed by atoms with Crippen LogP contribution in [0, 0.1) is 0 Å². The van der Waals surface area contributed by atoms with E-state index in [0.717, 1.165) is 12.6 Å². The number of hydrogen-bond donors (Lipinski definition) is 0. The number of hydrogen-bond acceptors (Lipinski definition) is 2. The summed E-state index contributed by atoms with van der Waals surface area (Å²) in [6, 6.07) is 6.69. The second-order valence-electron chi connectivity index (χ2n) is 3.88. The Bertz CT molecular complexity index is 476. The summed E-state index contributed by atoms with van der Waals surface area (Å²) in [6.07, 6.45) is -2.68. The topological polar surface area (TPSA) is 37.4 Å². The third-order valence-corrected chi connectivity index (χ3v) is 4.50. The predicted molar refractivity (Wildman–Crippen MR) is 67.3 cm³/mol. The van der Waals surface area contributed by atoms with Gasteiger partial charge in [-0.2, -0.15) is 4.31 Å². The Labute approximate surface area is 110 Å². The summed E-state index contributed by atoms with van der Waals surface area (Å²) in [7, 11) is -2.56. The molecule has 3 nitrogen and oxygen atoms in total. The Morgan fingerprint density at radius 3 is 2.17 bits per heavy atom. The van der Waals surface area contributed by atoms with Crippen LogP contribution in [0.2, 0.25) is 0 Å². The maximum Gasteiger partial charge on any atom is 0.252 e. The average Bonchev–Trinajstić information content (AvgIpc) is 2.28. The largest absolute Gasteiger partial charge is 0.252 e. The van der Waals surface area contributed by atoms with E-state index >= 15 is 0 Å². The molecule has 1 rings (SSSR count). The fourth-order valence-electron chi connectivity index (χ4n) is 1.35. The highest BCUT2D eigenvalue weighted by molar-refractivity contribution is 7.88. The second-order valence-corrected chi connectivity index (χ2v) is 6.22. The van der Waals surface area contributed by atoms with Gasteiger partial charge in [-0.3, -0.25) is 0 Å². The second kappa shape index (κ2) is 6.45. The molecule has 7 heteroatoms. The lowest BCUT2D eigenvalue weighted by Crippen LogP contribution is -2.32. The van der Waals surface area contributed by atoms with Crippen LogP contribution in [0.15, 0.2) is 24.3 Å². The number of rotatable bonds is 6. The van der Waals surface area contributed by atoms with Crippen molar-refractivity contribution in [1.82, 2.24) is 4.31 Å². The van der Waals surface area contributed by atoms with Gasteiger partial charge in [-0.25, -0.2) is 17.2 Å². The third kappa shape index (κ3) is 4.51. The summed E-state index contributed by atoms with van der Waals surface area (Å²) >= 11 is 5.61. The number of halogens is 3. The van der Waals surface area contributed by atoms with E-state index in [1.165, 1.54) is 0 Å². The van der Waals surface area contributed by atoms with Crippen LogP contribution in [0.1, 0.15) is 11.1 Å². The molecule has 0 bridgehead atoms. The number of sulfonamides is 1. The van der Waals surface area contributed by atoms with Gasteiger partial charge in [0.05, 0.1) is 12.3 Å². The van der Waals surface area contributed by atoms with Crippen molar-refractivity contribution in [2.75, 3.05) is 13.6 Å². The van der Waals surface area contributed by atoms with E-state index in [1.54, 1.807) is 24.3 Å². The highest BCUT2D eigenvalue weighted by atomic mass is 35.5. The van der Waals surface area contributed by atoms with Crippen LogP contribution in [0.4, 0.5) is 8.78 Å². The molecule has 0 atom stereocenters. The molecule has 0 unspecified atom stereocenters. The quantitative estimate of drug-likeness (QED) is 0.756. The zero-order valence-electron chi connectivity index (χ0n) is 9.81. The van der Waals surface area contributed by atoms with Gasteiger partial charge in [-0.05, 0) is 11.1 Å². The van der Waals surface area contributed by atoms with Gasteiger partial charge in [0.15, 0.2) is 0 Å². The molecule has 0 aromatic heterocycles. The first-order valence-corrected chi connectivity index (χ1v) is 7.35. The van der Waals surface area contributed by atoms with E-state index in [4.69, 9.17) is 11.6 Å². The summed E-state index contributed by atoms with van der Waals surface area (Å²) in [4.78, 5) is 0. The molecule has 0 heterocycles. The minimum atomic E-state index is -3.71. The molecule has 0 radical (unpaired) electrons. The predicted octanol–water partition coefficient (Wildman–Crippen LogP) is 2.45. The molecule has 1 aromatic rings. The van der Waals surface area contributed by atoms with E-state index in [2.05, 4.69) is 0 Å². The van der Waals surface area contributed by atoms with Gasteiger partial charge < -0.3 is 0 Å². The molecule has 0 aliphatic carbocycles. The average molecular weight is 298 g/mol. The minimum Gasteiger partial charge on any atom is -0.212 e. The highest BCUT2D eigenvalue weighted by Gasteiger charge is 2.21. The Hall–Kier alpha value is -0.720. The molecular formula is C11H14ClF2NO2S. The molecule has 0 aliphatic heterocycles. The van der Waals surface area contributed by atoms with Crippen LogP contribution < -0.4 is 0 Å². The first kappa shape index (κ1) is 15.3. The smallest absolute Gasteiger partial charge is 0.212 e. The van der Waals surface area contributed by atoms with E-state index < -0.39 is 23.0 Å². The standard InChI is InChI=1S/C11H14ClF2NO2S/c1-15(7-11(13)14)18(16,17)8-10-4-2-9(6-12)3-5-10/h2-5,11H,6-8H2,1H3. The molecule has 0 N–H and O–H groups in total. The lowest BCUT2D eigenvalue weighted by atomic mass is 10.2. The number of alkyl halides is 3. The molecule has 1 aromatic carbocycles. The van der Waals surface area contributed by atoms with Crippen LogP contribution in [0.25, 0.3) is 0 Å². The van der Waals surface area contributed by atoms with Crippen molar-refractivity contribution >= 4 is 21.6 Å². The van der Waals surface area contributed by atoms with E-state index in [0.29, 0.717) is 15.7 Å². The molecule has 0 spiro atoms. The van der Waals surface area contributed by atoms with Crippen molar-refractivity contribution in [2.24, 2.45) is 0 Å². The molecule has 0 aliphatic rings. The molecule has 0 saturated carbocycles. The van der Waals surface area contributed by atoms with Gasteiger partial charge in [0.1, 0.15) is 0 Å². The van der Waals surface area contributed by atoms with Crippen LogP contribution in [0.3, 0.4) is 0 Å². The van der Waals surface area contributed by atoms with Crippen molar-refractivity contribution in [2.45, 2.75) is 18.1 Å². The Balaban J connectivity index is 2.75. The SMILES string of the molecule is CN(CC(F)F)S(=O)(=O)Cc1ccc(CCl)cc1. The van der Waals surface area contributed by atoms with Crippen molar-refractivity contribution in [3.8, 4) is 0 Å². The summed E-state index contributed by atoms with van der Waals surface area (Å²) < 4.78 is 48.5. The Morgan fingerprint density at radius 2 is 1.72 bits per heavy atom. The highest BCUT2D eigenvalue weighted by Crippen LogP contribution is 2.13. The van der Waals surface area contributed by atoms with Gasteiger partial charge in [-0.1, -0.05) is 24.3 Å². The van der Waals surface area contributed by atoms with Crippen LogP contribution in [-0.4, -0.2) is 32.7 Å². The van der Waals surface area contributed by atoms with Crippen molar-refractivity contribution in [3.05, 3.63) is 35.4 Å². The maximum atomic E-state index is 12.1. The molecule has 0 amide bonds. The fourth-order valence-corrected chi connectivity index (χ4v) is 2.71. The molecule has 0 fully saturated rings. The van der Waals surface area contributed by atoms with Crippen LogP contribution >= 0.6 is 11.6 Å². The first-order chi connectivity index (χ1) is 8.35. The maximum absolute atomic E-state index is 12.1.